The van der Waals surface area contributed by atoms with Crippen LogP contribution in [0.4, 0.5) is 24.5 Å². The Hall–Kier alpha value is -1.18. The second kappa shape index (κ2) is 10.8. The third-order valence-electron chi connectivity index (χ3n) is 4.26. The van der Waals surface area contributed by atoms with Crippen molar-refractivity contribution in [2.75, 3.05) is 17.2 Å². The van der Waals surface area contributed by atoms with Crippen molar-refractivity contribution < 1.29 is 18.0 Å². The molecule has 0 aliphatic heterocycles. The van der Waals surface area contributed by atoms with Crippen molar-refractivity contribution in [3.63, 3.8) is 0 Å². The summed E-state index contributed by atoms with van der Waals surface area (Å²) in [6.07, 6.45) is -0.583. The predicted octanol–water partition coefficient (Wildman–Crippen LogP) is 4.83. The molecule has 1 fully saturated rings. The van der Waals surface area contributed by atoms with E-state index >= 15 is 0 Å². The van der Waals surface area contributed by atoms with Gasteiger partial charge < -0.3 is 16.4 Å². The molecule has 2 unspecified atom stereocenters. The van der Waals surface area contributed by atoms with Gasteiger partial charge in [-0.15, -0.1) is 24.8 Å². The Morgan fingerprint density at radius 3 is 2.50 bits per heavy atom. The summed E-state index contributed by atoms with van der Waals surface area (Å²) in [6.45, 7) is 2.57. The Kier molecular flexibility index (Phi) is 10.4. The van der Waals surface area contributed by atoms with Crippen LogP contribution in [-0.4, -0.2) is 18.5 Å². The van der Waals surface area contributed by atoms with Gasteiger partial charge in [0, 0.05) is 18.5 Å². The van der Waals surface area contributed by atoms with E-state index in [9.17, 15) is 18.0 Å². The highest BCUT2D eigenvalue weighted by molar-refractivity contribution is 5.96. The summed E-state index contributed by atoms with van der Waals surface area (Å²) in [5.74, 6) is -0.508. The minimum absolute atomic E-state index is 0. The lowest BCUT2D eigenvalue weighted by Crippen LogP contribution is -2.34. The van der Waals surface area contributed by atoms with Gasteiger partial charge in [0.1, 0.15) is 0 Å². The molecule has 1 amide bonds. The summed E-state index contributed by atoms with van der Waals surface area (Å²) in [6, 6.07) is 3.34. The molecule has 0 heterocycles. The standard InChI is InChI=1S/C17H24F3N3O.2ClH/c1-2-8-22-14-7-6-12(17(18,19)20)10-15(14)23-16(24)11-4-3-5-13(21)9-11;;/h6-7,10-11,13,22H,2-5,8-9,21H2,1H3,(H,23,24);2*1H. The summed E-state index contributed by atoms with van der Waals surface area (Å²) >= 11 is 0. The highest BCUT2D eigenvalue weighted by Gasteiger charge is 2.32. The molecule has 0 saturated heterocycles. The molecule has 2 atom stereocenters. The summed E-state index contributed by atoms with van der Waals surface area (Å²) in [4.78, 5) is 12.4. The number of halogens is 5. The lowest BCUT2D eigenvalue weighted by Gasteiger charge is -2.26. The third-order valence-corrected chi connectivity index (χ3v) is 4.26. The first-order chi connectivity index (χ1) is 11.3. The molecule has 26 heavy (non-hydrogen) atoms. The van der Waals surface area contributed by atoms with Gasteiger partial charge in [0.15, 0.2) is 0 Å². The van der Waals surface area contributed by atoms with Crippen molar-refractivity contribution in [2.45, 2.75) is 51.2 Å². The fourth-order valence-electron chi connectivity index (χ4n) is 2.94. The van der Waals surface area contributed by atoms with Crippen molar-refractivity contribution in [1.82, 2.24) is 0 Å². The quantitative estimate of drug-likeness (QED) is 0.645. The Balaban J connectivity index is 0.00000312. The average molecular weight is 416 g/mol. The SMILES string of the molecule is CCCNc1ccc(C(F)(F)F)cc1NC(=O)C1CCCC(N)C1.Cl.Cl. The zero-order chi connectivity index (χ0) is 17.7. The Morgan fingerprint density at radius 1 is 1.23 bits per heavy atom. The predicted molar refractivity (Wildman–Crippen MR) is 103 cm³/mol. The first-order valence-corrected chi connectivity index (χ1v) is 8.32. The number of carbonyl (C=O) groups excluding carboxylic acids is 1. The van der Waals surface area contributed by atoms with Crippen LogP contribution in [0.15, 0.2) is 18.2 Å². The fraction of sp³-hybridized carbons (Fsp3) is 0.588. The van der Waals surface area contributed by atoms with E-state index in [1.807, 2.05) is 6.92 Å². The molecule has 0 spiro atoms. The molecule has 9 heteroatoms. The van der Waals surface area contributed by atoms with Gasteiger partial charge in [-0.05, 0) is 43.9 Å². The Bertz CT molecular complexity index is 585. The number of nitrogens with one attached hydrogen (secondary N) is 2. The first-order valence-electron chi connectivity index (χ1n) is 8.32. The van der Waals surface area contributed by atoms with Crippen LogP contribution in [-0.2, 0) is 11.0 Å². The molecule has 1 aromatic rings. The highest BCUT2D eigenvalue weighted by atomic mass is 35.5. The zero-order valence-corrected chi connectivity index (χ0v) is 16.2. The molecule has 150 valence electrons. The Labute approximate surface area is 164 Å². The molecule has 0 bridgehead atoms. The van der Waals surface area contributed by atoms with E-state index < -0.39 is 11.7 Å². The monoisotopic (exact) mass is 415 g/mol. The summed E-state index contributed by atoms with van der Waals surface area (Å²) in [5.41, 5.74) is 5.78. The van der Waals surface area contributed by atoms with Crippen LogP contribution in [0.1, 0.15) is 44.6 Å². The molecule has 4 N–H and O–H groups in total. The molecule has 1 saturated carbocycles. The second-order valence-electron chi connectivity index (χ2n) is 6.30. The van der Waals surface area contributed by atoms with E-state index in [0.29, 0.717) is 18.7 Å². The normalized spacial score (nSPS) is 19.7. The minimum atomic E-state index is -4.45. The number of alkyl halides is 3. The molecule has 4 nitrogen and oxygen atoms in total. The van der Waals surface area contributed by atoms with Crippen molar-refractivity contribution in [3.05, 3.63) is 23.8 Å². The van der Waals surface area contributed by atoms with E-state index in [2.05, 4.69) is 10.6 Å². The molecular formula is C17H26Cl2F3N3O. The van der Waals surface area contributed by atoms with Gasteiger partial charge in [0.25, 0.3) is 0 Å². The van der Waals surface area contributed by atoms with E-state index in [1.54, 1.807) is 0 Å². The maximum Gasteiger partial charge on any atom is 0.416 e. The number of nitrogens with two attached hydrogens (primary N) is 1. The van der Waals surface area contributed by atoms with E-state index in [4.69, 9.17) is 5.73 Å². The number of benzene rings is 1. The maximum absolute atomic E-state index is 12.9. The average Bonchev–Trinajstić information content (AvgIpc) is 2.52. The molecular weight excluding hydrogens is 390 g/mol. The van der Waals surface area contributed by atoms with Crippen LogP contribution < -0.4 is 16.4 Å². The number of amides is 1. The fourth-order valence-corrected chi connectivity index (χ4v) is 2.94. The third kappa shape index (κ3) is 6.85. The van der Waals surface area contributed by atoms with Crippen LogP contribution in [0, 0.1) is 5.92 Å². The van der Waals surface area contributed by atoms with Crippen LogP contribution in [0.25, 0.3) is 0 Å². The summed E-state index contributed by atoms with van der Waals surface area (Å²) in [7, 11) is 0. The smallest absolute Gasteiger partial charge is 0.383 e. The van der Waals surface area contributed by atoms with Gasteiger partial charge in [-0.1, -0.05) is 13.3 Å². The van der Waals surface area contributed by atoms with E-state index in [1.165, 1.54) is 6.07 Å². The molecule has 1 aromatic carbocycles. The maximum atomic E-state index is 12.9. The van der Waals surface area contributed by atoms with Crippen molar-refractivity contribution in [2.24, 2.45) is 11.7 Å². The molecule has 0 radical (unpaired) electrons. The largest absolute Gasteiger partial charge is 0.416 e. The topological polar surface area (TPSA) is 67.1 Å². The highest BCUT2D eigenvalue weighted by Crippen LogP contribution is 2.34. The van der Waals surface area contributed by atoms with Gasteiger partial charge in [0.2, 0.25) is 5.91 Å². The number of rotatable bonds is 5. The number of hydrogen-bond acceptors (Lipinski definition) is 3. The minimum Gasteiger partial charge on any atom is -0.383 e. The van der Waals surface area contributed by atoms with E-state index in [0.717, 1.165) is 37.8 Å². The van der Waals surface area contributed by atoms with Crippen LogP contribution in [0.2, 0.25) is 0 Å². The van der Waals surface area contributed by atoms with Gasteiger partial charge >= 0.3 is 6.18 Å². The second-order valence-corrected chi connectivity index (χ2v) is 6.30. The number of hydrogen-bond donors (Lipinski definition) is 3. The number of anilines is 2. The summed E-state index contributed by atoms with van der Waals surface area (Å²) in [5, 5.41) is 5.72. The van der Waals surface area contributed by atoms with Gasteiger partial charge in [-0.2, -0.15) is 13.2 Å². The lowest BCUT2D eigenvalue weighted by atomic mass is 9.85. The van der Waals surface area contributed by atoms with Gasteiger partial charge in [0.05, 0.1) is 16.9 Å². The van der Waals surface area contributed by atoms with Crippen LogP contribution in [0.3, 0.4) is 0 Å². The molecule has 1 aliphatic carbocycles. The van der Waals surface area contributed by atoms with Crippen LogP contribution >= 0.6 is 24.8 Å². The van der Waals surface area contributed by atoms with Crippen LogP contribution in [0.5, 0.6) is 0 Å². The molecule has 2 rings (SSSR count). The van der Waals surface area contributed by atoms with Gasteiger partial charge in [-0.3, -0.25) is 4.79 Å². The molecule has 1 aliphatic rings. The first kappa shape index (κ1) is 24.8. The zero-order valence-electron chi connectivity index (χ0n) is 14.6. The summed E-state index contributed by atoms with van der Waals surface area (Å²) < 4.78 is 38.8. The Morgan fingerprint density at radius 2 is 1.92 bits per heavy atom. The van der Waals surface area contributed by atoms with Gasteiger partial charge in [-0.25, -0.2) is 0 Å². The van der Waals surface area contributed by atoms with Crippen molar-refractivity contribution >= 4 is 42.1 Å². The van der Waals surface area contributed by atoms with E-state index in [-0.39, 0.29) is 48.4 Å². The van der Waals surface area contributed by atoms with Crippen molar-refractivity contribution in [1.29, 1.82) is 0 Å². The number of carbonyl (C=O) groups is 1. The molecule has 0 aromatic heterocycles. The lowest BCUT2D eigenvalue weighted by molar-refractivity contribution is -0.137. The van der Waals surface area contributed by atoms with Crippen molar-refractivity contribution in [3.8, 4) is 0 Å².